The Hall–Kier alpha value is -2.94. The molecule has 134 valence electrons. The smallest absolute Gasteiger partial charge is 0.115 e. The first-order chi connectivity index (χ1) is 12.3. The number of rotatable bonds is 4. The summed E-state index contributed by atoms with van der Waals surface area (Å²) in [6.45, 7) is 6.45. The van der Waals surface area contributed by atoms with Crippen molar-refractivity contribution < 1.29 is 5.11 Å². The number of nitrogens with one attached hydrogen (secondary N) is 1. The monoisotopic (exact) mass is 346 g/mol. The lowest BCUT2D eigenvalue weighted by Crippen LogP contribution is -2.26. The maximum Gasteiger partial charge on any atom is 0.115 e. The molecule has 0 atom stereocenters. The number of phenols is 1. The second kappa shape index (κ2) is 7.12. The molecule has 0 spiro atoms. The molecule has 0 saturated carbocycles. The average Bonchev–Trinajstić information content (AvgIpc) is 2.59. The first-order valence-electron chi connectivity index (χ1n) is 8.86. The number of nitrogens with two attached hydrogens (primary N) is 1. The summed E-state index contributed by atoms with van der Waals surface area (Å²) in [6, 6.07) is 21.7. The van der Waals surface area contributed by atoms with Crippen molar-refractivity contribution in [1.29, 1.82) is 0 Å². The average molecular weight is 346 g/mol. The summed E-state index contributed by atoms with van der Waals surface area (Å²) in [5.41, 5.74) is 12.7. The fraction of sp³-hybridized carbons (Fsp3) is 0.217. The zero-order valence-electron chi connectivity index (χ0n) is 15.6. The molecule has 3 aromatic rings. The summed E-state index contributed by atoms with van der Waals surface area (Å²) in [4.78, 5) is 0. The number of hydrogen-bond donors (Lipinski definition) is 3. The van der Waals surface area contributed by atoms with E-state index in [4.69, 9.17) is 5.73 Å². The third kappa shape index (κ3) is 4.17. The van der Waals surface area contributed by atoms with Gasteiger partial charge in [0.25, 0.3) is 0 Å². The van der Waals surface area contributed by atoms with Gasteiger partial charge in [0.2, 0.25) is 0 Å². The van der Waals surface area contributed by atoms with Crippen molar-refractivity contribution in [2.45, 2.75) is 32.7 Å². The normalized spacial score (nSPS) is 11.3. The van der Waals surface area contributed by atoms with Crippen molar-refractivity contribution in [3.05, 3.63) is 77.9 Å². The second-order valence-electron chi connectivity index (χ2n) is 7.64. The fourth-order valence-corrected chi connectivity index (χ4v) is 3.12. The number of benzene rings is 3. The van der Waals surface area contributed by atoms with E-state index in [1.54, 1.807) is 12.1 Å². The zero-order chi connectivity index (χ0) is 18.7. The highest BCUT2D eigenvalue weighted by Crippen LogP contribution is 2.37. The lowest BCUT2D eigenvalue weighted by Gasteiger charge is -2.26. The van der Waals surface area contributed by atoms with Gasteiger partial charge in [-0.05, 0) is 61.7 Å². The minimum absolute atomic E-state index is 0.0601. The number of aromatic hydroxyl groups is 1. The minimum Gasteiger partial charge on any atom is -0.508 e. The van der Waals surface area contributed by atoms with Crippen LogP contribution in [0.5, 0.6) is 5.75 Å². The Balaban J connectivity index is 2.15. The summed E-state index contributed by atoms with van der Waals surface area (Å²) < 4.78 is 0. The molecule has 0 unspecified atom stereocenters. The lowest BCUT2D eigenvalue weighted by atomic mass is 9.91. The molecule has 0 radical (unpaired) electrons. The van der Waals surface area contributed by atoms with Crippen molar-refractivity contribution >= 4 is 11.4 Å². The second-order valence-corrected chi connectivity index (χ2v) is 7.64. The van der Waals surface area contributed by atoms with Gasteiger partial charge < -0.3 is 16.2 Å². The van der Waals surface area contributed by atoms with Gasteiger partial charge in [-0.1, -0.05) is 42.5 Å². The van der Waals surface area contributed by atoms with Crippen LogP contribution in [-0.2, 0) is 6.42 Å². The Bertz CT molecular complexity index is 879. The van der Waals surface area contributed by atoms with Crippen LogP contribution in [0.15, 0.2) is 66.7 Å². The Morgan fingerprint density at radius 3 is 2.15 bits per heavy atom. The van der Waals surface area contributed by atoms with Gasteiger partial charge in [-0.25, -0.2) is 0 Å². The molecule has 3 nitrogen and oxygen atoms in total. The SMILES string of the molecule is CC(C)(C)Nc1ccc(N)c(Cc2ccc(O)cc2)c1-c1ccccc1. The largest absolute Gasteiger partial charge is 0.508 e. The molecule has 3 heteroatoms. The summed E-state index contributed by atoms with van der Waals surface area (Å²) in [5.74, 6) is 0.271. The van der Waals surface area contributed by atoms with Crippen LogP contribution < -0.4 is 11.1 Å². The van der Waals surface area contributed by atoms with Crippen molar-refractivity contribution in [2.75, 3.05) is 11.1 Å². The van der Waals surface area contributed by atoms with Gasteiger partial charge in [0, 0.05) is 28.9 Å². The summed E-state index contributed by atoms with van der Waals surface area (Å²) >= 11 is 0. The van der Waals surface area contributed by atoms with Gasteiger partial charge in [-0.2, -0.15) is 0 Å². The number of hydrogen-bond acceptors (Lipinski definition) is 3. The Labute approximate surface area is 155 Å². The van der Waals surface area contributed by atoms with E-state index in [1.807, 2.05) is 36.4 Å². The van der Waals surface area contributed by atoms with Crippen LogP contribution in [0.25, 0.3) is 11.1 Å². The van der Waals surface area contributed by atoms with E-state index < -0.39 is 0 Å². The van der Waals surface area contributed by atoms with Crippen LogP contribution in [-0.4, -0.2) is 10.6 Å². The first kappa shape index (κ1) is 17.9. The van der Waals surface area contributed by atoms with Crippen LogP contribution in [0, 0.1) is 0 Å². The van der Waals surface area contributed by atoms with Gasteiger partial charge in [0.1, 0.15) is 5.75 Å². The number of anilines is 2. The highest BCUT2D eigenvalue weighted by atomic mass is 16.3. The van der Waals surface area contributed by atoms with Crippen LogP contribution in [0.1, 0.15) is 31.9 Å². The predicted molar refractivity (Wildman–Crippen MR) is 111 cm³/mol. The van der Waals surface area contributed by atoms with Crippen molar-refractivity contribution in [2.24, 2.45) is 0 Å². The molecule has 0 saturated heterocycles. The maximum atomic E-state index is 9.55. The maximum absolute atomic E-state index is 9.55. The topological polar surface area (TPSA) is 58.3 Å². The van der Waals surface area contributed by atoms with Crippen LogP contribution in [0.3, 0.4) is 0 Å². The van der Waals surface area contributed by atoms with Crippen molar-refractivity contribution in [3.63, 3.8) is 0 Å². The fourth-order valence-electron chi connectivity index (χ4n) is 3.12. The zero-order valence-corrected chi connectivity index (χ0v) is 15.6. The van der Waals surface area contributed by atoms with E-state index in [0.717, 1.165) is 33.6 Å². The van der Waals surface area contributed by atoms with Gasteiger partial charge in [0.05, 0.1) is 0 Å². The molecule has 26 heavy (non-hydrogen) atoms. The molecule has 0 aliphatic rings. The third-order valence-electron chi connectivity index (χ3n) is 4.24. The number of nitrogen functional groups attached to an aromatic ring is 1. The lowest BCUT2D eigenvalue weighted by molar-refractivity contribution is 0.475. The van der Waals surface area contributed by atoms with Crippen molar-refractivity contribution in [3.8, 4) is 16.9 Å². The van der Waals surface area contributed by atoms with E-state index in [0.29, 0.717) is 6.42 Å². The molecule has 0 amide bonds. The molecular formula is C23H26N2O. The molecule has 3 rings (SSSR count). The van der Waals surface area contributed by atoms with Gasteiger partial charge in [-0.15, -0.1) is 0 Å². The standard InChI is InChI=1S/C23H26N2O/c1-23(2,3)25-21-14-13-20(24)19(15-16-9-11-18(26)12-10-16)22(21)17-7-5-4-6-8-17/h4-14,25-26H,15,24H2,1-3H3. The van der Waals surface area contributed by atoms with Gasteiger partial charge in [-0.3, -0.25) is 0 Å². The minimum atomic E-state index is -0.0601. The molecule has 0 aliphatic carbocycles. The number of phenolic OH excluding ortho intramolecular Hbond substituents is 1. The van der Waals surface area contributed by atoms with Crippen LogP contribution in [0.4, 0.5) is 11.4 Å². The van der Waals surface area contributed by atoms with E-state index in [2.05, 4.69) is 44.3 Å². The molecule has 0 aromatic heterocycles. The highest BCUT2D eigenvalue weighted by Gasteiger charge is 2.18. The Kier molecular flexibility index (Phi) is 4.90. The highest BCUT2D eigenvalue weighted by molar-refractivity contribution is 5.85. The molecule has 0 aliphatic heterocycles. The molecule has 0 fully saturated rings. The van der Waals surface area contributed by atoms with Gasteiger partial charge in [0.15, 0.2) is 0 Å². The Morgan fingerprint density at radius 1 is 0.885 bits per heavy atom. The van der Waals surface area contributed by atoms with E-state index in [1.165, 1.54) is 0 Å². The van der Waals surface area contributed by atoms with E-state index in [9.17, 15) is 5.11 Å². The van der Waals surface area contributed by atoms with E-state index in [-0.39, 0.29) is 11.3 Å². The molecule has 3 aromatic carbocycles. The first-order valence-corrected chi connectivity index (χ1v) is 8.86. The van der Waals surface area contributed by atoms with Gasteiger partial charge >= 0.3 is 0 Å². The Morgan fingerprint density at radius 2 is 1.54 bits per heavy atom. The predicted octanol–water partition coefficient (Wildman–Crippen LogP) is 5.44. The molecule has 0 heterocycles. The van der Waals surface area contributed by atoms with Crippen LogP contribution in [0.2, 0.25) is 0 Å². The summed E-state index contributed by atoms with van der Waals surface area (Å²) in [7, 11) is 0. The van der Waals surface area contributed by atoms with E-state index >= 15 is 0 Å². The van der Waals surface area contributed by atoms with Crippen molar-refractivity contribution in [1.82, 2.24) is 0 Å². The molecule has 0 bridgehead atoms. The molecule has 4 N–H and O–H groups in total. The van der Waals surface area contributed by atoms with Crippen LogP contribution >= 0.6 is 0 Å². The quantitative estimate of drug-likeness (QED) is 0.551. The summed E-state index contributed by atoms with van der Waals surface area (Å²) in [5, 5.41) is 13.2. The molecular weight excluding hydrogens is 320 g/mol. The third-order valence-corrected chi connectivity index (χ3v) is 4.24. The summed E-state index contributed by atoms with van der Waals surface area (Å²) in [6.07, 6.45) is 0.704.